The van der Waals surface area contributed by atoms with Gasteiger partial charge in [-0.25, -0.2) is 0 Å². The Morgan fingerprint density at radius 3 is 2.73 bits per heavy atom. The Labute approximate surface area is 135 Å². The van der Waals surface area contributed by atoms with Crippen LogP contribution in [0.15, 0.2) is 0 Å². The van der Waals surface area contributed by atoms with Crippen molar-refractivity contribution in [3.63, 3.8) is 0 Å². The number of fused-ring (bicyclic) bond motifs is 1. The number of nitrogens with zero attached hydrogens (tertiary/aromatic N) is 1. The van der Waals surface area contributed by atoms with Crippen LogP contribution in [0.25, 0.3) is 0 Å². The van der Waals surface area contributed by atoms with E-state index in [1.54, 1.807) is 0 Å². The molecule has 3 rings (SSSR count). The van der Waals surface area contributed by atoms with Crippen LogP contribution < -0.4 is 5.32 Å². The Hall–Kier alpha value is -0.160. The van der Waals surface area contributed by atoms with E-state index in [4.69, 9.17) is 4.74 Å². The topological polar surface area (TPSA) is 44.7 Å². The fourth-order valence-corrected chi connectivity index (χ4v) is 4.81. The molecule has 0 amide bonds. The number of aliphatic hydroxyl groups excluding tert-OH is 1. The molecular weight excluding hydrogens is 276 g/mol. The van der Waals surface area contributed by atoms with Gasteiger partial charge in [-0.1, -0.05) is 20.8 Å². The van der Waals surface area contributed by atoms with Crippen molar-refractivity contribution >= 4 is 0 Å². The maximum Gasteiger partial charge on any atom is 0.0791 e. The summed E-state index contributed by atoms with van der Waals surface area (Å²) in [5.74, 6) is 1.50. The average Bonchev–Trinajstić information content (AvgIpc) is 2.49. The van der Waals surface area contributed by atoms with E-state index in [2.05, 4.69) is 31.0 Å². The second-order valence-electron chi connectivity index (χ2n) is 8.44. The molecule has 0 aromatic heterocycles. The summed E-state index contributed by atoms with van der Waals surface area (Å²) in [5.41, 5.74) is 0.200. The Morgan fingerprint density at radius 2 is 2.00 bits per heavy atom. The predicted octanol–water partition coefficient (Wildman–Crippen LogP) is 1.87. The summed E-state index contributed by atoms with van der Waals surface area (Å²) in [6, 6.07) is 0.494. The number of hydrogen-bond acceptors (Lipinski definition) is 4. The van der Waals surface area contributed by atoms with Crippen LogP contribution in [0.2, 0.25) is 0 Å². The molecule has 4 atom stereocenters. The summed E-state index contributed by atoms with van der Waals surface area (Å²) in [6.45, 7) is 11.7. The van der Waals surface area contributed by atoms with Gasteiger partial charge in [-0.15, -0.1) is 0 Å². The van der Waals surface area contributed by atoms with Crippen molar-refractivity contribution in [1.29, 1.82) is 0 Å². The van der Waals surface area contributed by atoms with E-state index in [9.17, 15) is 5.11 Å². The standard InChI is InChI=1S/C18H34N2O2/c1-13-6-8-20(9-7-13)12-14(21)11-19-16-15-5-4-10-22-17(15)18(16,2)3/h13-17,19,21H,4-12H2,1-3H3. The highest BCUT2D eigenvalue weighted by Crippen LogP contribution is 2.51. The van der Waals surface area contributed by atoms with Gasteiger partial charge in [-0.2, -0.15) is 0 Å². The Bertz CT molecular complexity index is 366. The summed E-state index contributed by atoms with van der Waals surface area (Å²) in [5, 5.41) is 14.0. The second kappa shape index (κ2) is 6.76. The lowest BCUT2D eigenvalue weighted by Crippen LogP contribution is -2.70. The molecule has 2 saturated heterocycles. The third kappa shape index (κ3) is 3.35. The molecule has 4 unspecified atom stereocenters. The van der Waals surface area contributed by atoms with Crippen molar-refractivity contribution in [2.24, 2.45) is 17.3 Å². The maximum atomic E-state index is 10.4. The van der Waals surface area contributed by atoms with Crippen LogP contribution >= 0.6 is 0 Å². The number of nitrogens with one attached hydrogen (secondary N) is 1. The maximum absolute atomic E-state index is 10.4. The van der Waals surface area contributed by atoms with Crippen LogP contribution in [0, 0.1) is 17.3 Å². The molecule has 3 aliphatic rings. The second-order valence-corrected chi connectivity index (χ2v) is 8.44. The number of aliphatic hydroxyl groups is 1. The zero-order chi connectivity index (χ0) is 15.7. The molecule has 1 saturated carbocycles. The quantitative estimate of drug-likeness (QED) is 0.814. The summed E-state index contributed by atoms with van der Waals surface area (Å²) in [6.07, 6.45) is 5.16. The fraction of sp³-hybridized carbons (Fsp3) is 1.00. The first-order chi connectivity index (χ1) is 10.5. The number of likely N-dealkylation sites (tertiary alicyclic amines) is 1. The minimum Gasteiger partial charge on any atom is -0.390 e. The smallest absolute Gasteiger partial charge is 0.0791 e. The number of hydrogen-bond donors (Lipinski definition) is 2. The third-order valence-corrected chi connectivity index (χ3v) is 6.25. The summed E-state index contributed by atoms with van der Waals surface area (Å²) < 4.78 is 5.95. The molecule has 0 aromatic rings. The van der Waals surface area contributed by atoms with Gasteiger partial charge >= 0.3 is 0 Å². The molecule has 2 N–H and O–H groups in total. The van der Waals surface area contributed by atoms with Crippen molar-refractivity contribution in [3.05, 3.63) is 0 Å². The lowest BCUT2D eigenvalue weighted by Gasteiger charge is -2.60. The molecule has 3 fully saturated rings. The lowest BCUT2D eigenvalue weighted by atomic mass is 9.55. The van der Waals surface area contributed by atoms with Gasteiger partial charge in [0.15, 0.2) is 0 Å². The molecule has 2 aliphatic heterocycles. The highest BCUT2D eigenvalue weighted by Gasteiger charge is 2.57. The van der Waals surface area contributed by atoms with Gasteiger partial charge < -0.3 is 20.1 Å². The summed E-state index contributed by atoms with van der Waals surface area (Å²) in [4.78, 5) is 2.42. The van der Waals surface area contributed by atoms with Gasteiger partial charge in [0.2, 0.25) is 0 Å². The molecule has 1 aliphatic carbocycles. The first-order valence-electron chi connectivity index (χ1n) is 9.24. The molecule has 0 bridgehead atoms. The van der Waals surface area contributed by atoms with E-state index in [1.165, 1.54) is 25.7 Å². The molecule has 4 nitrogen and oxygen atoms in total. The molecule has 2 heterocycles. The molecule has 4 heteroatoms. The SMILES string of the molecule is CC1CCN(CC(O)CNC2C3CCCOC3C2(C)C)CC1. The number of β-amino-alcohol motifs (C(OH)–C–C–N with tert-alkyl or cyclic N) is 1. The minimum absolute atomic E-state index is 0.200. The minimum atomic E-state index is -0.257. The van der Waals surface area contributed by atoms with Crippen molar-refractivity contribution in [2.45, 2.75) is 64.7 Å². The zero-order valence-corrected chi connectivity index (χ0v) is 14.6. The zero-order valence-electron chi connectivity index (χ0n) is 14.6. The Kier molecular flexibility index (Phi) is 5.13. The predicted molar refractivity (Wildman–Crippen MR) is 88.9 cm³/mol. The molecule has 22 heavy (non-hydrogen) atoms. The van der Waals surface area contributed by atoms with Crippen LogP contribution in [0.1, 0.15) is 46.5 Å². The van der Waals surface area contributed by atoms with E-state index in [0.717, 1.165) is 32.2 Å². The Balaban J connectivity index is 1.42. The van der Waals surface area contributed by atoms with Crippen molar-refractivity contribution < 1.29 is 9.84 Å². The van der Waals surface area contributed by atoms with Crippen LogP contribution in [-0.2, 0) is 4.74 Å². The normalized spacial score (nSPS) is 37.4. The third-order valence-electron chi connectivity index (χ3n) is 6.25. The first-order valence-corrected chi connectivity index (χ1v) is 9.24. The van der Waals surface area contributed by atoms with Gasteiger partial charge in [-0.05, 0) is 44.7 Å². The van der Waals surface area contributed by atoms with E-state index in [0.29, 0.717) is 24.6 Å². The van der Waals surface area contributed by atoms with Crippen molar-refractivity contribution in [3.8, 4) is 0 Å². The van der Waals surface area contributed by atoms with Gasteiger partial charge in [0, 0.05) is 37.1 Å². The highest BCUT2D eigenvalue weighted by atomic mass is 16.5. The van der Waals surface area contributed by atoms with E-state index in [1.807, 2.05) is 0 Å². The van der Waals surface area contributed by atoms with Crippen LogP contribution in [0.3, 0.4) is 0 Å². The van der Waals surface area contributed by atoms with Gasteiger partial charge in [0.1, 0.15) is 0 Å². The highest BCUT2D eigenvalue weighted by molar-refractivity contribution is 5.10. The van der Waals surface area contributed by atoms with E-state index < -0.39 is 0 Å². The summed E-state index contributed by atoms with van der Waals surface area (Å²) in [7, 11) is 0. The van der Waals surface area contributed by atoms with Crippen molar-refractivity contribution in [1.82, 2.24) is 10.2 Å². The van der Waals surface area contributed by atoms with Crippen molar-refractivity contribution in [2.75, 3.05) is 32.8 Å². The first kappa shape index (κ1) is 16.7. The van der Waals surface area contributed by atoms with Crippen LogP contribution in [-0.4, -0.2) is 61.0 Å². The van der Waals surface area contributed by atoms with Gasteiger partial charge in [0.25, 0.3) is 0 Å². The largest absolute Gasteiger partial charge is 0.390 e. The molecular formula is C18H34N2O2. The fourth-order valence-electron chi connectivity index (χ4n) is 4.81. The Morgan fingerprint density at radius 1 is 1.27 bits per heavy atom. The lowest BCUT2D eigenvalue weighted by molar-refractivity contribution is -0.193. The molecule has 128 valence electrons. The van der Waals surface area contributed by atoms with Gasteiger partial charge in [-0.3, -0.25) is 0 Å². The number of rotatable bonds is 5. The van der Waals surface area contributed by atoms with Crippen LogP contribution in [0.4, 0.5) is 0 Å². The number of ether oxygens (including phenoxy) is 1. The monoisotopic (exact) mass is 310 g/mol. The number of piperidine rings is 1. The van der Waals surface area contributed by atoms with E-state index in [-0.39, 0.29) is 11.5 Å². The van der Waals surface area contributed by atoms with Gasteiger partial charge in [0.05, 0.1) is 12.2 Å². The molecule has 0 aromatic carbocycles. The molecule has 0 radical (unpaired) electrons. The van der Waals surface area contributed by atoms with Crippen LogP contribution in [0.5, 0.6) is 0 Å². The summed E-state index contributed by atoms with van der Waals surface area (Å²) >= 11 is 0. The molecule has 0 spiro atoms. The van der Waals surface area contributed by atoms with E-state index >= 15 is 0 Å². The average molecular weight is 310 g/mol.